The van der Waals surface area contributed by atoms with Crippen molar-refractivity contribution in [3.63, 3.8) is 0 Å². The Kier molecular flexibility index (Phi) is 5.13. The minimum atomic E-state index is -3.79. The van der Waals surface area contributed by atoms with E-state index in [1.54, 1.807) is 24.3 Å². The van der Waals surface area contributed by atoms with Crippen LogP contribution in [-0.2, 0) is 9.84 Å². The van der Waals surface area contributed by atoms with Gasteiger partial charge in [-0.3, -0.25) is 0 Å². The zero-order chi connectivity index (χ0) is 18.7. The summed E-state index contributed by atoms with van der Waals surface area (Å²) in [6.45, 7) is 5.89. The van der Waals surface area contributed by atoms with Gasteiger partial charge in [0, 0.05) is 11.6 Å². The summed E-state index contributed by atoms with van der Waals surface area (Å²) in [5.74, 6) is 0.459. The summed E-state index contributed by atoms with van der Waals surface area (Å²) in [6.07, 6.45) is 0.825. The fourth-order valence-corrected chi connectivity index (χ4v) is 3.70. The van der Waals surface area contributed by atoms with Crippen LogP contribution in [-0.4, -0.2) is 19.4 Å². The van der Waals surface area contributed by atoms with Crippen LogP contribution in [0.15, 0.2) is 68.9 Å². The molecular formula is C20H22N2O3S. The van der Waals surface area contributed by atoms with Gasteiger partial charge in [-0.05, 0) is 44.5 Å². The fraction of sp³-hybridized carbons (Fsp3) is 0.250. The van der Waals surface area contributed by atoms with Crippen molar-refractivity contribution in [3.8, 4) is 11.5 Å². The average Bonchev–Trinajstić information content (AvgIpc) is 3.07. The molecule has 0 fully saturated rings. The number of oxazole rings is 1. The van der Waals surface area contributed by atoms with Gasteiger partial charge in [0.2, 0.25) is 26.6 Å². The number of hydrogen-bond donors (Lipinski definition) is 1. The van der Waals surface area contributed by atoms with Gasteiger partial charge in [-0.1, -0.05) is 42.8 Å². The summed E-state index contributed by atoms with van der Waals surface area (Å²) in [6, 6.07) is 16.0. The summed E-state index contributed by atoms with van der Waals surface area (Å²) >= 11 is 0. The fourth-order valence-electron chi connectivity index (χ4n) is 2.44. The van der Waals surface area contributed by atoms with Gasteiger partial charge in [0.15, 0.2) is 0 Å². The summed E-state index contributed by atoms with van der Waals surface area (Å²) in [5, 5.41) is 3.05. The lowest BCUT2D eigenvalue weighted by Gasteiger charge is -2.11. The maximum absolute atomic E-state index is 13.1. The highest BCUT2D eigenvalue weighted by Gasteiger charge is 2.29. The van der Waals surface area contributed by atoms with Gasteiger partial charge in [0.25, 0.3) is 0 Å². The van der Waals surface area contributed by atoms with Crippen LogP contribution in [0.5, 0.6) is 0 Å². The summed E-state index contributed by atoms with van der Waals surface area (Å²) in [7, 11) is -3.79. The molecule has 0 aliphatic rings. The number of nitrogens with zero attached hydrogens (tertiary/aromatic N) is 1. The monoisotopic (exact) mass is 370 g/mol. The largest absolute Gasteiger partial charge is 0.419 e. The Bertz CT molecular complexity index is 978. The second kappa shape index (κ2) is 7.33. The number of sulfone groups is 1. The number of nitrogens with one attached hydrogen (secondary N) is 1. The zero-order valence-electron chi connectivity index (χ0n) is 15.1. The molecule has 3 aromatic rings. The van der Waals surface area contributed by atoms with E-state index >= 15 is 0 Å². The number of aromatic nitrogens is 1. The first-order valence-corrected chi connectivity index (χ1v) is 10.0. The molecule has 0 saturated heterocycles. The van der Waals surface area contributed by atoms with Gasteiger partial charge in [-0.25, -0.2) is 8.42 Å². The van der Waals surface area contributed by atoms with Gasteiger partial charge in [0.05, 0.1) is 4.90 Å². The topological polar surface area (TPSA) is 72.2 Å². The highest BCUT2D eigenvalue weighted by atomic mass is 32.2. The van der Waals surface area contributed by atoms with Crippen LogP contribution in [0.4, 0.5) is 5.88 Å². The van der Waals surface area contributed by atoms with E-state index in [0.29, 0.717) is 0 Å². The van der Waals surface area contributed by atoms with E-state index < -0.39 is 9.84 Å². The smallest absolute Gasteiger partial charge is 0.234 e. The van der Waals surface area contributed by atoms with E-state index in [9.17, 15) is 8.42 Å². The highest BCUT2D eigenvalue weighted by molar-refractivity contribution is 7.91. The van der Waals surface area contributed by atoms with E-state index in [2.05, 4.69) is 10.3 Å². The molecular weight excluding hydrogens is 348 g/mol. The molecule has 26 heavy (non-hydrogen) atoms. The second-order valence-corrected chi connectivity index (χ2v) is 8.15. The lowest BCUT2D eigenvalue weighted by molar-refractivity contribution is 0.566. The van der Waals surface area contributed by atoms with Gasteiger partial charge in [0.1, 0.15) is 0 Å². The van der Waals surface area contributed by atoms with E-state index in [-0.39, 0.29) is 27.7 Å². The molecule has 6 heteroatoms. The Balaban J connectivity index is 2.12. The molecule has 1 unspecified atom stereocenters. The van der Waals surface area contributed by atoms with Crippen LogP contribution in [0, 0.1) is 6.92 Å². The van der Waals surface area contributed by atoms with E-state index in [1.807, 2.05) is 51.1 Å². The SMILES string of the molecule is CCC(C)Nc1oc(-c2ccccc2)nc1S(=O)(=O)c1ccc(C)cc1. The minimum absolute atomic E-state index is 0.0542. The van der Waals surface area contributed by atoms with Crippen LogP contribution < -0.4 is 5.32 Å². The lowest BCUT2D eigenvalue weighted by Crippen LogP contribution is -2.15. The molecule has 0 bridgehead atoms. The summed E-state index contributed by atoms with van der Waals surface area (Å²) < 4.78 is 32.0. The third-order valence-electron chi connectivity index (χ3n) is 4.19. The minimum Gasteiger partial charge on any atom is -0.419 e. The molecule has 1 N–H and O–H groups in total. The molecule has 0 amide bonds. The molecule has 1 heterocycles. The Morgan fingerprint density at radius 2 is 1.73 bits per heavy atom. The van der Waals surface area contributed by atoms with E-state index in [0.717, 1.165) is 17.5 Å². The summed E-state index contributed by atoms with van der Waals surface area (Å²) in [4.78, 5) is 4.52. The maximum atomic E-state index is 13.1. The molecule has 1 aromatic heterocycles. The normalized spacial score (nSPS) is 12.7. The van der Waals surface area contributed by atoms with Crippen LogP contribution in [0.2, 0.25) is 0 Å². The molecule has 136 valence electrons. The molecule has 0 radical (unpaired) electrons. The first-order chi connectivity index (χ1) is 12.4. The first kappa shape index (κ1) is 18.2. The molecule has 0 spiro atoms. The van der Waals surface area contributed by atoms with Crippen molar-refractivity contribution in [2.24, 2.45) is 0 Å². The number of anilines is 1. The van der Waals surface area contributed by atoms with E-state index in [1.165, 1.54) is 0 Å². The van der Waals surface area contributed by atoms with Crippen molar-refractivity contribution in [2.75, 3.05) is 5.32 Å². The number of aryl methyl sites for hydroxylation is 1. The lowest BCUT2D eigenvalue weighted by atomic mass is 10.2. The third-order valence-corrected chi connectivity index (χ3v) is 5.87. The Morgan fingerprint density at radius 1 is 1.08 bits per heavy atom. The van der Waals surface area contributed by atoms with Crippen molar-refractivity contribution in [3.05, 3.63) is 60.2 Å². The summed E-state index contributed by atoms with van der Waals surface area (Å²) in [5.41, 5.74) is 1.72. The van der Waals surface area contributed by atoms with Crippen LogP contribution >= 0.6 is 0 Å². The average molecular weight is 370 g/mol. The number of benzene rings is 2. The van der Waals surface area contributed by atoms with Crippen molar-refractivity contribution >= 4 is 15.7 Å². The molecule has 5 nitrogen and oxygen atoms in total. The predicted octanol–water partition coefficient (Wildman–Crippen LogP) is 4.69. The Morgan fingerprint density at radius 3 is 2.35 bits per heavy atom. The van der Waals surface area contributed by atoms with Crippen molar-refractivity contribution in [1.29, 1.82) is 0 Å². The van der Waals surface area contributed by atoms with E-state index in [4.69, 9.17) is 4.42 Å². The van der Waals surface area contributed by atoms with Crippen molar-refractivity contribution in [1.82, 2.24) is 4.98 Å². The Labute approximate surface area is 154 Å². The number of hydrogen-bond acceptors (Lipinski definition) is 5. The quantitative estimate of drug-likeness (QED) is 0.681. The molecule has 2 aromatic carbocycles. The van der Waals surface area contributed by atoms with Crippen LogP contribution in [0.1, 0.15) is 25.8 Å². The van der Waals surface area contributed by atoms with Crippen molar-refractivity contribution in [2.45, 2.75) is 43.2 Å². The van der Waals surface area contributed by atoms with Gasteiger partial charge < -0.3 is 9.73 Å². The number of rotatable bonds is 6. The van der Waals surface area contributed by atoms with Crippen LogP contribution in [0.25, 0.3) is 11.5 Å². The third kappa shape index (κ3) is 3.65. The van der Waals surface area contributed by atoms with Crippen LogP contribution in [0.3, 0.4) is 0 Å². The van der Waals surface area contributed by atoms with Gasteiger partial charge in [-0.2, -0.15) is 4.98 Å². The standard InChI is InChI=1S/C20H22N2O3S/c1-4-15(3)21-19-20(22-18(25-19)16-8-6-5-7-9-16)26(23,24)17-12-10-14(2)11-13-17/h5-13,15,21H,4H2,1-3H3. The molecule has 0 saturated carbocycles. The predicted molar refractivity (Wildman–Crippen MR) is 102 cm³/mol. The van der Waals surface area contributed by atoms with Gasteiger partial charge >= 0.3 is 0 Å². The molecule has 1 atom stereocenters. The van der Waals surface area contributed by atoms with Crippen molar-refractivity contribution < 1.29 is 12.8 Å². The molecule has 0 aliphatic heterocycles. The highest BCUT2D eigenvalue weighted by Crippen LogP contribution is 2.32. The Hall–Kier alpha value is -2.60. The maximum Gasteiger partial charge on any atom is 0.234 e. The van der Waals surface area contributed by atoms with Gasteiger partial charge in [-0.15, -0.1) is 0 Å². The first-order valence-electron chi connectivity index (χ1n) is 8.56. The molecule has 3 rings (SSSR count). The molecule has 0 aliphatic carbocycles. The second-order valence-electron chi connectivity index (χ2n) is 6.29. The zero-order valence-corrected chi connectivity index (χ0v) is 15.9.